The molecule has 0 saturated carbocycles. The van der Waals surface area contributed by atoms with Crippen molar-refractivity contribution in [3.05, 3.63) is 87.9 Å². The van der Waals surface area contributed by atoms with Crippen LogP contribution in [-0.2, 0) is 10.0 Å². The van der Waals surface area contributed by atoms with Crippen molar-refractivity contribution in [2.24, 2.45) is 0 Å². The summed E-state index contributed by atoms with van der Waals surface area (Å²) in [5.74, 6) is -0.297. The molecule has 0 aliphatic carbocycles. The predicted molar refractivity (Wildman–Crippen MR) is 117 cm³/mol. The van der Waals surface area contributed by atoms with Gasteiger partial charge in [0.2, 0.25) is 0 Å². The summed E-state index contributed by atoms with van der Waals surface area (Å²) in [7, 11) is -3.76. The third kappa shape index (κ3) is 4.78. The number of anilines is 2. The number of sulfonamides is 1. The summed E-state index contributed by atoms with van der Waals surface area (Å²) in [6.45, 7) is 5.45. The van der Waals surface area contributed by atoms with Crippen molar-refractivity contribution < 1.29 is 13.2 Å². The number of benzene rings is 3. The van der Waals surface area contributed by atoms with Crippen LogP contribution in [0.4, 0.5) is 11.4 Å². The molecule has 3 rings (SSSR count). The maximum absolute atomic E-state index is 12.8. The molecule has 0 aromatic heterocycles. The molecule has 0 atom stereocenters. The van der Waals surface area contributed by atoms with Crippen molar-refractivity contribution in [3.63, 3.8) is 0 Å². The van der Waals surface area contributed by atoms with Crippen LogP contribution in [-0.4, -0.2) is 14.3 Å². The van der Waals surface area contributed by atoms with Gasteiger partial charge in [-0.3, -0.25) is 9.52 Å². The molecule has 3 aromatic rings. The van der Waals surface area contributed by atoms with Gasteiger partial charge in [0.25, 0.3) is 15.9 Å². The van der Waals surface area contributed by atoms with Gasteiger partial charge in [-0.15, -0.1) is 0 Å². The first-order valence-electron chi connectivity index (χ1n) is 8.94. The normalized spacial score (nSPS) is 11.2. The standard InChI is InChI=1S/C22H21ClN2O3S/c1-14-5-4-6-15(2)21(14)25-29(27,28)19-11-12-20(16(3)13-19)24-22(26)17-7-9-18(23)10-8-17/h4-13,25H,1-3H3,(H,24,26). The largest absolute Gasteiger partial charge is 0.322 e. The Bertz CT molecular complexity index is 1150. The molecule has 0 spiro atoms. The number of halogens is 1. The highest BCUT2D eigenvalue weighted by Gasteiger charge is 2.18. The van der Waals surface area contributed by atoms with Crippen LogP contribution in [0.1, 0.15) is 27.0 Å². The first-order chi connectivity index (χ1) is 13.7. The van der Waals surface area contributed by atoms with Crippen LogP contribution in [0, 0.1) is 20.8 Å². The summed E-state index contributed by atoms with van der Waals surface area (Å²) < 4.78 is 28.3. The Morgan fingerprint density at radius 1 is 0.862 bits per heavy atom. The van der Waals surface area contributed by atoms with Gasteiger partial charge in [0.15, 0.2) is 0 Å². The monoisotopic (exact) mass is 428 g/mol. The maximum Gasteiger partial charge on any atom is 0.261 e. The zero-order chi connectivity index (χ0) is 21.2. The molecule has 0 saturated heterocycles. The molecule has 150 valence electrons. The first kappa shape index (κ1) is 20.9. The van der Waals surface area contributed by atoms with Crippen LogP contribution in [0.15, 0.2) is 65.6 Å². The van der Waals surface area contributed by atoms with E-state index >= 15 is 0 Å². The average molecular weight is 429 g/mol. The van der Waals surface area contributed by atoms with Crippen LogP contribution in [0.3, 0.4) is 0 Å². The second kappa shape index (κ2) is 8.27. The highest BCUT2D eigenvalue weighted by molar-refractivity contribution is 7.92. The smallest absolute Gasteiger partial charge is 0.261 e. The van der Waals surface area contributed by atoms with Crippen LogP contribution >= 0.6 is 11.6 Å². The van der Waals surface area contributed by atoms with Gasteiger partial charge in [0, 0.05) is 16.3 Å². The fourth-order valence-electron chi connectivity index (χ4n) is 2.91. The van der Waals surface area contributed by atoms with Crippen molar-refractivity contribution in [1.29, 1.82) is 0 Å². The number of aryl methyl sites for hydroxylation is 3. The van der Waals surface area contributed by atoms with Gasteiger partial charge in [0.1, 0.15) is 0 Å². The lowest BCUT2D eigenvalue weighted by molar-refractivity contribution is 0.102. The molecule has 0 unspecified atom stereocenters. The molecule has 1 amide bonds. The molecule has 0 heterocycles. The number of nitrogens with one attached hydrogen (secondary N) is 2. The number of rotatable bonds is 5. The van der Waals surface area contributed by atoms with Crippen LogP contribution in [0.2, 0.25) is 5.02 Å². The Morgan fingerprint density at radius 2 is 1.48 bits per heavy atom. The third-order valence-electron chi connectivity index (χ3n) is 4.58. The number of amides is 1. The van der Waals surface area contributed by atoms with Crippen molar-refractivity contribution in [2.45, 2.75) is 25.7 Å². The molecule has 3 aromatic carbocycles. The number of carbonyl (C=O) groups is 1. The lowest BCUT2D eigenvalue weighted by Gasteiger charge is -2.15. The number of carbonyl (C=O) groups excluding carboxylic acids is 1. The highest BCUT2D eigenvalue weighted by Crippen LogP contribution is 2.26. The third-order valence-corrected chi connectivity index (χ3v) is 6.18. The second-order valence-electron chi connectivity index (χ2n) is 6.81. The van der Waals surface area contributed by atoms with Gasteiger partial charge in [-0.05, 0) is 79.9 Å². The molecule has 2 N–H and O–H groups in total. The quantitative estimate of drug-likeness (QED) is 0.577. The molecule has 0 aliphatic heterocycles. The van der Waals surface area contributed by atoms with E-state index in [1.165, 1.54) is 12.1 Å². The number of hydrogen-bond donors (Lipinski definition) is 2. The van der Waals surface area contributed by atoms with E-state index in [2.05, 4.69) is 10.0 Å². The van der Waals surface area contributed by atoms with Gasteiger partial charge >= 0.3 is 0 Å². The van der Waals surface area contributed by atoms with Gasteiger partial charge in [-0.2, -0.15) is 0 Å². The topological polar surface area (TPSA) is 75.3 Å². The lowest BCUT2D eigenvalue weighted by atomic mass is 10.1. The minimum Gasteiger partial charge on any atom is -0.322 e. The fourth-order valence-corrected chi connectivity index (χ4v) is 4.32. The van der Waals surface area contributed by atoms with Gasteiger partial charge in [0.05, 0.1) is 10.6 Å². The number of para-hydroxylation sites is 1. The van der Waals surface area contributed by atoms with Crippen LogP contribution < -0.4 is 10.0 Å². The minimum atomic E-state index is -3.76. The molecule has 5 nitrogen and oxygen atoms in total. The Balaban J connectivity index is 1.83. The fraction of sp³-hybridized carbons (Fsp3) is 0.136. The summed E-state index contributed by atoms with van der Waals surface area (Å²) >= 11 is 5.84. The summed E-state index contributed by atoms with van der Waals surface area (Å²) in [5, 5.41) is 3.34. The lowest BCUT2D eigenvalue weighted by Crippen LogP contribution is -2.16. The molecule has 0 radical (unpaired) electrons. The average Bonchev–Trinajstić information content (AvgIpc) is 2.67. The Labute approximate surface area is 175 Å². The van der Waals surface area contributed by atoms with E-state index in [1.54, 1.807) is 37.3 Å². The number of hydrogen-bond acceptors (Lipinski definition) is 3. The Kier molecular flexibility index (Phi) is 5.96. The van der Waals surface area contributed by atoms with Crippen molar-refractivity contribution >= 4 is 38.9 Å². The van der Waals surface area contributed by atoms with Crippen LogP contribution in [0.25, 0.3) is 0 Å². The van der Waals surface area contributed by atoms with Crippen LogP contribution in [0.5, 0.6) is 0 Å². The van der Waals surface area contributed by atoms with Gasteiger partial charge in [-0.1, -0.05) is 29.8 Å². The SMILES string of the molecule is Cc1cc(S(=O)(=O)Nc2c(C)cccc2C)ccc1NC(=O)c1ccc(Cl)cc1. The minimum absolute atomic E-state index is 0.127. The molecular weight excluding hydrogens is 408 g/mol. The zero-order valence-electron chi connectivity index (χ0n) is 16.3. The van der Waals surface area contributed by atoms with E-state index < -0.39 is 10.0 Å². The van der Waals surface area contributed by atoms with Gasteiger partial charge < -0.3 is 5.32 Å². The molecule has 29 heavy (non-hydrogen) atoms. The van der Waals surface area contributed by atoms with E-state index in [4.69, 9.17) is 11.6 Å². The van der Waals surface area contributed by atoms with Crippen molar-refractivity contribution in [2.75, 3.05) is 10.0 Å². The Hall–Kier alpha value is -2.83. The van der Waals surface area contributed by atoms with E-state index in [0.717, 1.165) is 11.1 Å². The summed E-state index contributed by atoms with van der Waals surface area (Å²) in [6.07, 6.45) is 0. The maximum atomic E-state index is 12.8. The molecule has 0 fully saturated rings. The van der Waals surface area contributed by atoms with Crippen molar-refractivity contribution in [3.8, 4) is 0 Å². The molecular formula is C22H21ClN2O3S. The summed E-state index contributed by atoms with van der Waals surface area (Å²) in [6, 6.07) is 16.7. The van der Waals surface area contributed by atoms with Gasteiger partial charge in [-0.25, -0.2) is 8.42 Å². The van der Waals surface area contributed by atoms with E-state index in [1.807, 2.05) is 32.0 Å². The van der Waals surface area contributed by atoms with Crippen molar-refractivity contribution in [1.82, 2.24) is 0 Å². The first-order valence-corrected chi connectivity index (χ1v) is 10.8. The Morgan fingerprint density at radius 3 is 2.07 bits per heavy atom. The van der Waals surface area contributed by atoms with E-state index in [-0.39, 0.29) is 10.8 Å². The van der Waals surface area contributed by atoms with E-state index in [9.17, 15) is 13.2 Å². The van der Waals surface area contributed by atoms with E-state index in [0.29, 0.717) is 27.5 Å². The highest BCUT2D eigenvalue weighted by atomic mass is 35.5. The predicted octanol–water partition coefficient (Wildman–Crippen LogP) is 5.32. The molecule has 7 heteroatoms. The summed E-state index contributed by atoms with van der Waals surface area (Å²) in [5.41, 5.74) is 3.90. The molecule has 0 bridgehead atoms. The second-order valence-corrected chi connectivity index (χ2v) is 8.93. The zero-order valence-corrected chi connectivity index (χ0v) is 17.9. The molecule has 0 aliphatic rings. The summed E-state index contributed by atoms with van der Waals surface area (Å²) in [4.78, 5) is 12.5.